The number of nitrogens with zero attached hydrogens (tertiary/aromatic N) is 5. The summed E-state index contributed by atoms with van der Waals surface area (Å²) in [5.74, 6) is -0.220. The van der Waals surface area contributed by atoms with Crippen molar-refractivity contribution in [1.82, 2.24) is 29.5 Å². The van der Waals surface area contributed by atoms with Gasteiger partial charge in [-0.15, -0.1) is 0 Å². The van der Waals surface area contributed by atoms with Crippen LogP contribution in [0.2, 0.25) is 0 Å². The first kappa shape index (κ1) is 20.2. The van der Waals surface area contributed by atoms with E-state index in [0.717, 1.165) is 0 Å². The van der Waals surface area contributed by atoms with Crippen LogP contribution in [0.15, 0.2) is 46.1 Å². The first-order chi connectivity index (χ1) is 14.3. The van der Waals surface area contributed by atoms with Crippen molar-refractivity contribution < 1.29 is 22.1 Å². The van der Waals surface area contributed by atoms with Crippen LogP contribution in [-0.2, 0) is 35.0 Å². The molecule has 1 aliphatic heterocycles. The molecule has 1 aromatic carbocycles. The number of sulfonamides is 1. The standard InChI is InChI=1S/C18H19FN6O4S/c1-24-11-13(8-20-24)30(27,28)21-9-16-22-18(29-23-16)15-6-7-17(26)25(15)10-12-4-2-3-5-14(12)19/h2-5,8,11,15,21H,6-7,9-10H2,1H3/t15-/m0/s1. The van der Waals surface area contributed by atoms with Gasteiger partial charge in [0.25, 0.3) is 0 Å². The van der Waals surface area contributed by atoms with E-state index < -0.39 is 21.9 Å². The van der Waals surface area contributed by atoms with Gasteiger partial charge in [0.1, 0.15) is 16.8 Å². The topological polar surface area (TPSA) is 123 Å². The Morgan fingerprint density at radius 2 is 2.13 bits per heavy atom. The molecular formula is C18H19FN6O4S. The summed E-state index contributed by atoms with van der Waals surface area (Å²) in [4.78, 5) is 18.1. The summed E-state index contributed by atoms with van der Waals surface area (Å²) >= 11 is 0. The molecule has 1 atom stereocenters. The Labute approximate surface area is 171 Å². The van der Waals surface area contributed by atoms with Crippen molar-refractivity contribution in [3.8, 4) is 0 Å². The predicted octanol–water partition coefficient (Wildman–Crippen LogP) is 1.28. The third-order valence-corrected chi connectivity index (χ3v) is 6.16. The number of nitrogens with one attached hydrogen (secondary N) is 1. The highest BCUT2D eigenvalue weighted by Gasteiger charge is 2.36. The largest absolute Gasteiger partial charge is 0.337 e. The highest BCUT2D eigenvalue weighted by atomic mass is 32.2. The Hall–Kier alpha value is -3.12. The van der Waals surface area contributed by atoms with Crippen molar-refractivity contribution in [3.05, 3.63) is 59.8 Å². The van der Waals surface area contributed by atoms with E-state index in [1.54, 1.807) is 25.2 Å². The summed E-state index contributed by atoms with van der Waals surface area (Å²) in [6.45, 7) is -0.101. The van der Waals surface area contributed by atoms with Gasteiger partial charge in [-0.3, -0.25) is 9.48 Å². The van der Waals surface area contributed by atoms with Gasteiger partial charge >= 0.3 is 0 Å². The number of carbonyl (C=O) groups is 1. The highest BCUT2D eigenvalue weighted by molar-refractivity contribution is 7.89. The molecule has 10 nitrogen and oxygen atoms in total. The van der Waals surface area contributed by atoms with E-state index in [2.05, 4.69) is 20.0 Å². The molecule has 158 valence electrons. The predicted molar refractivity (Wildman–Crippen MR) is 100 cm³/mol. The normalized spacial score (nSPS) is 17.1. The first-order valence-corrected chi connectivity index (χ1v) is 10.7. The average molecular weight is 434 g/mol. The zero-order valence-electron chi connectivity index (χ0n) is 16.0. The van der Waals surface area contributed by atoms with Gasteiger partial charge in [0.2, 0.25) is 21.8 Å². The van der Waals surface area contributed by atoms with E-state index in [1.165, 1.54) is 28.0 Å². The maximum absolute atomic E-state index is 14.0. The molecule has 1 aliphatic rings. The van der Waals surface area contributed by atoms with Gasteiger partial charge < -0.3 is 9.42 Å². The van der Waals surface area contributed by atoms with Crippen LogP contribution in [0.1, 0.15) is 36.2 Å². The van der Waals surface area contributed by atoms with Crippen LogP contribution in [0.3, 0.4) is 0 Å². The Kier molecular flexibility index (Phi) is 5.35. The van der Waals surface area contributed by atoms with Crippen LogP contribution in [0, 0.1) is 5.82 Å². The number of hydrogen-bond acceptors (Lipinski definition) is 7. The number of benzene rings is 1. The van der Waals surface area contributed by atoms with Crippen LogP contribution in [0.25, 0.3) is 0 Å². The SMILES string of the molecule is Cn1cc(S(=O)(=O)NCc2noc([C@@H]3CCC(=O)N3Cc3ccccc3F)n2)cn1. The molecule has 1 amide bonds. The number of amides is 1. The van der Waals surface area contributed by atoms with E-state index >= 15 is 0 Å². The van der Waals surface area contributed by atoms with Crippen LogP contribution >= 0.6 is 0 Å². The van der Waals surface area contributed by atoms with Crippen molar-refractivity contribution in [2.45, 2.75) is 36.9 Å². The maximum atomic E-state index is 14.0. The van der Waals surface area contributed by atoms with Gasteiger partial charge in [0, 0.05) is 31.8 Å². The fraction of sp³-hybridized carbons (Fsp3) is 0.333. The van der Waals surface area contributed by atoms with Crippen molar-refractivity contribution in [2.24, 2.45) is 7.05 Å². The minimum absolute atomic E-state index is 0.0196. The first-order valence-electron chi connectivity index (χ1n) is 9.17. The maximum Gasteiger partial charge on any atom is 0.249 e. The summed E-state index contributed by atoms with van der Waals surface area (Å²) in [6, 6.07) is 5.74. The minimum Gasteiger partial charge on any atom is -0.337 e. The van der Waals surface area contributed by atoms with Crippen molar-refractivity contribution >= 4 is 15.9 Å². The molecule has 0 unspecified atom stereocenters. The molecule has 4 rings (SSSR count). The Balaban J connectivity index is 1.46. The molecule has 0 radical (unpaired) electrons. The minimum atomic E-state index is -3.77. The summed E-state index contributed by atoms with van der Waals surface area (Å²) in [5, 5.41) is 7.63. The fourth-order valence-corrected chi connectivity index (χ4v) is 4.22. The summed E-state index contributed by atoms with van der Waals surface area (Å²) in [5.41, 5.74) is 0.390. The number of carbonyl (C=O) groups excluding carboxylic acids is 1. The smallest absolute Gasteiger partial charge is 0.249 e. The molecule has 12 heteroatoms. The molecule has 2 aromatic heterocycles. The molecule has 1 fully saturated rings. The number of aromatic nitrogens is 4. The van der Waals surface area contributed by atoms with E-state index in [4.69, 9.17) is 4.52 Å². The lowest BCUT2D eigenvalue weighted by molar-refractivity contribution is -0.130. The summed E-state index contributed by atoms with van der Waals surface area (Å²) in [6.07, 6.45) is 3.34. The number of rotatable bonds is 7. The number of halogens is 1. The van der Waals surface area contributed by atoms with Crippen LogP contribution < -0.4 is 4.72 Å². The summed E-state index contributed by atoms with van der Waals surface area (Å²) < 4.78 is 47.6. The van der Waals surface area contributed by atoms with Gasteiger partial charge in [-0.05, 0) is 12.5 Å². The van der Waals surface area contributed by atoms with Gasteiger partial charge in [-0.1, -0.05) is 23.4 Å². The fourth-order valence-electron chi connectivity index (χ4n) is 3.25. The molecule has 0 spiro atoms. The number of hydrogen-bond donors (Lipinski definition) is 1. The molecular weight excluding hydrogens is 415 g/mol. The second-order valence-electron chi connectivity index (χ2n) is 6.89. The molecule has 0 saturated carbocycles. The quantitative estimate of drug-likeness (QED) is 0.594. The average Bonchev–Trinajstić information content (AvgIpc) is 3.43. The summed E-state index contributed by atoms with van der Waals surface area (Å²) in [7, 11) is -2.16. The Morgan fingerprint density at radius 3 is 2.87 bits per heavy atom. The molecule has 3 aromatic rings. The van der Waals surface area contributed by atoms with Crippen molar-refractivity contribution in [2.75, 3.05) is 0 Å². The van der Waals surface area contributed by atoms with Gasteiger partial charge in [-0.2, -0.15) is 10.1 Å². The molecule has 1 N–H and O–H groups in total. The highest BCUT2D eigenvalue weighted by Crippen LogP contribution is 2.33. The van der Waals surface area contributed by atoms with Gasteiger partial charge in [0.15, 0.2) is 5.82 Å². The monoisotopic (exact) mass is 434 g/mol. The van der Waals surface area contributed by atoms with Crippen LogP contribution in [0.4, 0.5) is 4.39 Å². The second kappa shape index (κ2) is 7.95. The Morgan fingerprint density at radius 1 is 1.33 bits per heavy atom. The third-order valence-electron chi connectivity index (χ3n) is 4.81. The van der Waals surface area contributed by atoms with E-state index in [9.17, 15) is 17.6 Å². The molecule has 0 bridgehead atoms. The van der Waals surface area contributed by atoms with Crippen molar-refractivity contribution in [1.29, 1.82) is 0 Å². The van der Waals surface area contributed by atoms with Crippen LogP contribution in [-0.4, -0.2) is 39.1 Å². The molecule has 0 aliphatic carbocycles. The second-order valence-corrected chi connectivity index (χ2v) is 8.66. The van der Waals surface area contributed by atoms with E-state index in [0.29, 0.717) is 12.0 Å². The lowest BCUT2D eigenvalue weighted by Crippen LogP contribution is -2.28. The molecule has 3 heterocycles. The lowest BCUT2D eigenvalue weighted by Gasteiger charge is -2.22. The third kappa shape index (κ3) is 4.09. The van der Waals surface area contributed by atoms with Crippen molar-refractivity contribution in [3.63, 3.8) is 0 Å². The number of aryl methyl sites for hydroxylation is 1. The molecule has 1 saturated heterocycles. The van der Waals surface area contributed by atoms with Gasteiger partial charge in [-0.25, -0.2) is 17.5 Å². The Bertz CT molecular complexity index is 1170. The number of likely N-dealkylation sites (tertiary alicyclic amines) is 1. The lowest BCUT2D eigenvalue weighted by atomic mass is 10.1. The van der Waals surface area contributed by atoms with E-state index in [1.807, 2.05) is 0 Å². The van der Waals surface area contributed by atoms with E-state index in [-0.39, 0.29) is 42.0 Å². The molecule has 30 heavy (non-hydrogen) atoms. The van der Waals surface area contributed by atoms with Gasteiger partial charge in [0.05, 0.1) is 12.7 Å². The zero-order valence-corrected chi connectivity index (χ0v) is 16.8. The van der Waals surface area contributed by atoms with Crippen LogP contribution in [0.5, 0.6) is 0 Å². The zero-order chi connectivity index (χ0) is 21.3.